The number of rotatable bonds is 12. The highest BCUT2D eigenvalue weighted by Crippen LogP contribution is 2.49. The van der Waals surface area contributed by atoms with Crippen LogP contribution in [0.25, 0.3) is 0 Å². The van der Waals surface area contributed by atoms with Gasteiger partial charge in [0.05, 0.1) is 12.8 Å². The molecule has 0 aliphatic heterocycles. The Kier molecular flexibility index (Phi) is 9.86. The number of halogens is 1. The van der Waals surface area contributed by atoms with Crippen molar-refractivity contribution >= 4 is 19.2 Å². The lowest BCUT2D eigenvalue weighted by Crippen LogP contribution is -2.04. The molecule has 0 aliphatic rings. The van der Waals surface area contributed by atoms with Crippen LogP contribution in [0.4, 0.5) is 0 Å². The van der Waals surface area contributed by atoms with Gasteiger partial charge in [0.15, 0.2) is 0 Å². The van der Waals surface area contributed by atoms with E-state index in [4.69, 9.17) is 20.6 Å². The second-order valence-electron chi connectivity index (χ2n) is 5.48. The summed E-state index contributed by atoms with van der Waals surface area (Å²) in [4.78, 5) is 0. The number of hydrogen-bond donors (Lipinski definition) is 0. The monoisotopic (exact) mass is 346 g/mol. The summed E-state index contributed by atoms with van der Waals surface area (Å²) in [5.74, 6) is 0.551. The van der Waals surface area contributed by atoms with E-state index in [1.807, 2.05) is 0 Å². The van der Waals surface area contributed by atoms with Gasteiger partial charge >= 0.3 is 7.60 Å². The molecule has 1 aromatic carbocycles. The Morgan fingerprint density at radius 2 is 1.59 bits per heavy atom. The van der Waals surface area contributed by atoms with E-state index in [9.17, 15) is 4.57 Å². The first-order valence-corrected chi connectivity index (χ1v) is 10.4. The van der Waals surface area contributed by atoms with Crippen LogP contribution in [0.15, 0.2) is 24.3 Å². The summed E-state index contributed by atoms with van der Waals surface area (Å²) in [6.45, 7) is 4.76. The minimum absolute atomic E-state index is 0.459. The SMILES string of the molecule is CCCCCCCOP(=O)(CCCC)Oc1ccc(Cl)cc1. The molecule has 0 saturated heterocycles. The maximum absolute atomic E-state index is 12.8. The third-order valence-corrected chi connectivity index (χ3v) is 5.56. The summed E-state index contributed by atoms with van der Waals surface area (Å²) in [6.07, 6.45) is 7.97. The first kappa shape index (κ1) is 19.5. The lowest BCUT2D eigenvalue weighted by molar-refractivity contribution is 0.257. The van der Waals surface area contributed by atoms with Crippen LogP contribution in [-0.2, 0) is 9.09 Å². The molecule has 126 valence electrons. The Bertz CT molecular complexity index is 448. The van der Waals surface area contributed by atoms with Crippen molar-refractivity contribution in [2.24, 2.45) is 0 Å². The van der Waals surface area contributed by atoms with Crippen LogP contribution in [0.1, 0.15) is 58.8 Å². The third kappa shape index (κ3) is 8.22. The highest BCUT2D eigenvalue weighted by atomic mass is 35.5. The molecule has 22 heavy (non-hydrogen) atoms. The Morgan fingerprint density at radius 1 is 0.955 bits per heavy atom. The summed E-state index contributed by atoms with van der Waals surface area (Å²) in [7, 11) is -3.07. The van der Waals surface area contributed by atoms with Crippen LogP contribution in [0.3, 0.4) is 0 Å². The zero-order valence-corrected chi connectivity index (χ0v) is 15.4. The zero-order chi connectivity index (χ0) is 16.3. The standard InChI is InChI=1S/C17H28ClO3P/c1-3-5-7-8-9-14-20-22(19,15-6-4-2)21-17-12-10-16(18)11-13-17/h10-13H,3-9,14-15H2,1-2H3. The van der Waals surface area contributed by atoms with E-state index in [-0.39, 0.29) is 0 Å². The van der Waals surface area contributed by atoms with Crippen molar-refractivity contribution in [1.82, 2.24) is 0 Å². The van der Waals surface area contributed by atoms with Gasteiger partial charge in [0.25, 0.3) is 0 Å². The van der Waals surface area contributed by atoms with E-state index in [0.29, 0.717) is 23.5 Å². The first-order chi connectivity index (χ1) is 10.6. The minimum Gasteiger partial charge on any atom is -0.424 e. The molecule has 1 unspecified atom stereocenters. The van der Waals surface area contributed by atoms with Gasteiger partial charge in [0, 0.05) is 5.02 Å². The third-order valence-electron chi connectivity index (χ3n) is 3.38. The molecule has 0 saturated carbocycles. The van der Waals surface area contributed by atoms with E-state index < -0.39 is 7.60 Å². The van der Waals surface area contributed by atoms with E-state index in [1.54, 1.807) is 24.3 Å². The van der Waals surface area contributed by atoms with E-state index in [2.05, 4.69) is 13.8 Å². The molecule has 1 rings (SSSR count). The summed E-state index contributed by atoms with van der Waals surface area (Å²) in [5, 5.41) is 0.632. The van der Waals surface area contributed by atoms with Gasteiger partial charge in [-0.15, -0.1) is 0 Å². The number of hydrogen-bond acceptors (Lipinski definition) is 3. The summed E-state index contributed by atoms with van der Waals surface area (Å²) in [5.41, 5.74) is 0. The smallest absolute Gasteiger partial charge is 0.379 e. The van der Waals surface area contributed by atoms with Crippen molar-refractivity contribution < 1.29 is 13.6 Å². The quantitative estimate of drug-likeness (QED) is 0.312. The maximum Gasteiger partial charge on any atom is 0.379 e. The lowest BCUT2D eigenvalue weighted by Gasteiger charge is -2.19. The van der Waals surface area contributed by atoms with Crippen LogP contribution in [-0.4, -0.2) is 12.8 Å². The van der Waals surface area contributed by atoms with Gasteiger partial charge in [-0.1, -0.05) is 57.6 Å². The van der Waals surface area contributed by atoms with Crippen LogP contribution in [0.5, 0.6) is 5.75 Å². The fraction of sp³-hybridized carbons (Fsp3) is 0.647. The Labute approximate surface area is 139 Å². The molecule has 0 bridgehead atoms. The Hall–Kier alpha value is -0.500. The molecule has 1 aromatic rings. The molecular formula is C17H28ClO3P. The van der Waals surface area contributed by atoms with Crippen LogP contribution in [0.2, 0.25) is 5.02 Å². The Morgan fingerprint density at radius 3 is 2.23 bits per heavy atom. The number of benzene rings is 1. The topological polar surface area (TPSA) is 35.5 Å². The van der Waals surface area contributed by atoms with E-state index in [0.717, 1.165) is 25.7 Å². The lowest BCUT2D eigenvalue weighted by atomic mass is 10.2. The summed E-state index contributed by atoms with van der Waals surface area (Å²) >= 11 is 5.85. The molecule has 0 fully saturated rings. The van der Waals surface area contributed by atoms with Gasteiger partial charge in [-0.2, -0.15) is 0 Å². The normalized spacial score (nSPS) is 13.8. The average Bonchev–Trinajstić information content (AvgIpc) is 2.51. The predicted molar refractivity (Wildman–Crippen MR) is 94.2 cm³/mol. The second-order valence-corrected chi connectivity index (χ2v) is 8.03. The van der Waals surface area contributed by atoms with Crippen molar-refractivity contribution in [3.8, 4) is 5.75 Å². The van der Waals surface area contributed by atoms with Gasteiger partial charge < -0.3 is 4.52 Å². The molecule has 0 aromatic heterocycles. The Balaban J connectivity index is 2.49. The first-order valence-electron chi connectivity index (χ1n) is 8.28. The molecule has 0 radical (unpaired) electrons. The van der Waals surface area contributed by atoms with Gasteiger partial charge in [-0.05, 0) is 37.1 Å². The van der Waals surface area contributed by atoms with Gasteiger partial charge in [-0.25, -0.2) is 4.57 Å². The fourth-order valence-electron chi connectivity index (χ4n) is 2.05. The van der Waals surface area contributed by atoms with Gasteiger partial charge in [0.1, 0.15) is 5.75 Å². The minimum atomic E-state index is -3.07. The van der Waals surface area contributed by atoms with Crippen molar-refractivity contribution in [2.45, 2.75) is 58.8 Å². The van der Waals surface area contributed by atoms with Crippen molar-refractivity contribution in [1.29, 1.82) is 0 Å². The zero-order valence-electron chi connectivity index (χ0n) is 13.7. The van der Waals surface area contributed by atoms with Crippen LogP contribution < -0.4 is 4.52 Å². The highest BCUT2D eigenvalue weighted by Gasteiger charge is 2.25. The van der Waals surface area contributed by atoms with Crippen LogP contribution >= 0.6 is 19.2 Å². The maximum atomic E-state index is 12.8. The van der Waals surface area contributed by atoms with Crippen molar-refractivity contribution in [2.75, 3.05) is 12.8 Å². The van der Waals surface area contributed by atoms with E-state index >= 15 is 0 Å². The average molecular weight is 347 g/mol. The molecule has 0 aliphatic carbocycles. The molecule has 5 heteroatoms. The molecule has 1 atom stereocenters. The molecule has 0 amide bonds. The molecule has 3 nitrogen and oxygen atoms in total. The summed E-state index contributed by atoms with van der Waals surface area (Å²) < 4.78 is 24.1. The van der Waals surface area contributed by atoms with E-state index in [1.165, 1.54) is 19.3 Å². The number of unbranched alkanes of at least 4 members (excludes halogenated alkanes) is 5. The molecule has 0 spiro atoms. The highest BCUT2D eigenvalue weighted by molar-refractivity contribution is 7.54. The van der Waals surface area contributed by atoms with Gasteiger partial charge in [0.2, 0.25) is 0 Å². The van der Waals surface area contributed by atoms with Crippen molar-refractivity contribution in [3.05, 3.63) is 29.3 Å². The van der Waals surface area contributed by atoms with Crippen molar-refractivity contribution in [3.63, 3.8) is 0 Å². The largest absolute Gasteiger partial charge is 0.424 e. The molecule has 0 heterocycles. The molecular weight excluding hydrogens is 319 g/mol. The predicted octanol–water partition coefficient (Wildman–Crippen LogP) is 6.70. The fourth-order valence-corrected chi connectivity index (χ4v) is 4.01. The second kappa shape index (κ2) is 11.1. The van der Waals surface area contributed by atoms with Crippen LogP contribution in [0, 0.1) is 0 Å². The van der Waals surface area contributed by atoms with Gasteiger partial charge in [-0.3, -0.25) is 4.52 Å². The summed E-state index contributed by atoms with van der Waals surface area (Å²) in [6, 6.07) is 6.91. The molecule has 0 N–H and O–H groups in total.